The molecule has 0 unspecified atom stereocenters. The Kier molecular flexibility index (Phi) is 2.84. The third kappa shape index (κ3) is 2.08. The van der Waals surface area contributed by atoms with E-state index in [1.54, 1.807) is 11.3 Å². The van der Waals surface area contributed by atoms with E-state index in [1.807, 2.05) is 6.20 Å². The number of rotatable bonds is 2. The summed E-state index contributed by atoms with van der Waals surface area (Å²) in [5, 5.41) is 0.989. The van der Waals surface area contributed by atoms with Gasteiger partial charge in [0.25, 0.3) is 0 Å². The lowest BCUT2D eigenvalue weighted by Gasteiger charge is -2.02. The number of benzene rings is 1. The highest BCUT2D eigenvalue weighted by molar-refractivity contribution is 7.15. The van der Waals surface area contributed by atoms with E-state index in [1.165, 1.54) is 21.6 Å². The van der Waals surface area contributed by atoms with Crippen LogP contribution in [0.3, 0.4) is 0 Å². The van der Waals surface area contributed by atoms with Gasteiger partial charge in [0.1, 0.15) is 5.01 Å². The van der Waals surface area contributed by atoms with E-state index < -0.39 is 0 Å². The van der Waals surface area contributed by atoms with Gasteiger partial charge in [-0.15, -0.1) is 11.3 Å². The van der Waals surface area contributed by atoms with E-state index in [4.69, 9.17) is 5.73 Å². The molecule has 78 valence electrons. The van der Waals surface area contributed by atoms with Gasteiger partial charge in [-0.25, -0.2) is 4.98 Å². The van der Waals surface area contributed by atoms with Gasteiger partial charge in [0, 0.05) is 12.7 Å². The third-order valence-corrected chi connectivity index (χ3v) is 3.59. The second-order valence-corrected chi connectivity index (χ2v) is 4.74. The first-order valence-electron chi connectivity index (χ1n) is 4.93. The van der Waals surface area contributed by atoms with Crippen molar-refractivity contribution >= 4 is 11.3 Å². The number of hydrogen-bond donors (Lipinski definition) is 1. The summed E-state index contributed by atoms with van der Waals surface area (Å²) in [4.78, 5) is 5.45. The quantitative estimate of drug-likeness (QED) is 0.841. The number of hydrogen-bond acceptors (Lipinski definition) is 3. The molecule has 0 fully saturated rings. The number of aryl methyl sites for hydroxylation is 2. The third-order valence-electron chi connectivity index (χ3n) is 2.52. The van der Waals surface area contributed by atoms with Crippen LogP contribution < -0.4 is 5.73 Å². The largest absolute Gasteiger partial charge is 0.325 e. The van der Waals surface area contributed by atoms with E-state index in [0.717, 1.165) is 5.01 Å². The Morgan fingerprint density at radius 3 is 2.67 bits per heavy atom. The van der Waals surface area contributed by atoms with Crippen LogP contribution in [0.5, 0.6) is 0 Å². The Labute approximate surface area is 93.8 Å². The van der Waals surface area contributed by atoms with Crippen molar-refractivity contribution in [3.63, 3.8) is 0 Å². The molecule has 1 aromatic heterocycles. The Balaban J connectivity index is 2.40. The second-order valence-electron chi connectivity index (χ2n) is 3.62. The fourth-order valence-corrected chi connectivity index (χ4v) is 2.23. The summed E-state index contributed by atoms with van der Waals surface area (Å²) < 4.78 is 0. The maximum absolute atomic E-state index is 5.54. The number of aromatic nitrogens is 1. The van der Waals surface area contributed by atoms with Gasteiger partial charge >= 0.3 is 0 Å². The lowest BCUT2D eigenvalue weighted by Crippen LogP contribution is -1.93. The zero-order valence-electron chi connectivity index (χ0n) is 8.95. The lowest BCUT2D eigenvalue weighted by molar-refractivity contribution is 1.04. The van der Waals surface area contributed by atoms with Crippen molar-refractivity contribution in [1.82, 2.24) is 4.98 Å². The molecular formula is C12H14N2S. The smallest absolute Gasteiger partial charge is 0.107 e. The molecule has 2 rings (SSSR count). The summed E-state index contributed by atoms with van der Waals surface area (Å²) in [5.41, 5.74) is 9.41. The molecule has 15 heavy (non-hydrogen) atoms. The molecule has 0 saturated carbocycles. The van der Waals surface area contributed by atoms with E-state index in [0.29, 0.717) is 6.54 Å². The monoisotopic (exact) mass is 218 g/mol. The Hall–Kier alpha value is -1.19. The van der Waals surface area contributed by atoms with Crippen LogP contribution in [0.1, 0.15) is 16.1 Å². The SMILES string of the molecule is Cc1ccc(-c2cnc(CN)s2)cc1C. The van der Waals surface area contributed by atoms with Gasteiger partial charge in [-0.3, -0.25) is 0 Å². The van der Waals surface area contributed by atoms with Crippen LogP contribution in [0.25, 0.3) is 10.4 Å². The standard InChI is InChI=1S/C12H14N2S/c1-8-3-4-10(5-9(8)2)11-7-14-12(6-13)15-11/h3-5,7H,6,13H2,1-2H3. The van der Waals surface area contributed by atoms with Gasteiger partial charge in [0.2, 0.25) is 0 Å². The summed E-state index contributed by atoms with van der Waals surface area (Å²) >= 11 is 1.66. The summed E-state index contributed by atoms with van der Waals surface area (Å²) in [6, 6.07) is 6.48. The molecule has 0 radical (unpaired) electrons. The van der Waals surface area contributed by atoms with E-state index in [9.17, 15) is 0 Å². The molecule has 0 saturated heterocycles. The van der Waals surface area contributed by atoms with Crippen LogP contribution >= 0.6 is 11.3 Å². The zero-order chi connectivity index (χ0) is 10.8. The molecule has 0 aliphatic heterocycles. The van der Waals surface area contributed by atoms with Crippen molar-refractivity contribution in [3.05, 3.63) is 40.5 Å². The van der Waals surface area contributed by atoms with Crippen molar-refractivity contribution in [2.24, 2.45) is 5.73 Å². The number of nitrogens with zero attached hydrogens (tertiary/aromatic N) is 1. The molecule has 0 aliphatic carbocycles. The van der Waals surface area contributed by atoms with Gasteiger partial charge in [0.05, 0.1) is 4.88 Å². The van der Waals surface area contributed by atoms with Crippen molar-refractivity contribution in [1.29, 1.82) is 0 Å². The van der Waals surface area contributed by atoms with Crippen LogP contribution in [0.2, 0.25) is 0 Å². The average molecular weight is 218 g/mol. The normalized spacial score (nSPS) is 10.6. The second kappa shape index (κ2) is 4.13. The Morgan fingerprint density at radius 2 is 2.07 bits per heavy atom. The maximum atomic E-state index is 5.54. The molecule has 0 aliphatic rings. The molecule has 1 aromatic carbocycles. The fraction of sp³-hybridized carbons (Fsp3) is 0.250. The van der Waals surface area contributed by atoms with Gasteiger partial charge in [-0.05, 0) is 30.5 Å². The molecule has 1 heterocycles. The minimum atomic E-state index is 0.523. The van der Waals surface area contributed by atoms with E-state index in [-0.39, 0.29) is 0 Å². The predicted molar refractivity (Wildman–Crippen MR) is 64.9 cm³/mol. The van der Waals surface area contributed by atoms with Crippen molar-refractivity contribution in [3.8, 4) is 10.4 Å². The minimum Gasteiger partial charge on any atom is -0.325 e. The highest BCUT2D eigenvalue weighted by atomic mass is 32.1. The molecule has 2 N–H and O–H groups in total. The first-order chi connectivity index (χ1) is 7.20. The van der Waals surface area contributed by atoms with Crippen LogP contribution in [0.4, 0.5) is 0 Å². The molecular weight excluding hydrogens is 204 g/mol. The fourth-order valence-electron chi connectivity index (χ4n) is 1.43. The van der Waals surface area contributed by atoms with Gasteiger partial charge in [-0.2, -0.15) is 0 Å². The average Bonchev–Trinajstić information content (AvgIpc) is 2.70. The Bertz CT molecular complexity index is 474. The summed E-state index contributed by atoms with van der Waals surface area (Å²) in [5.74, 6) is 0. The van der Waals surface area contributed by atoms with Crippen LogP contribution in [-0.4, -0.2) is 4.98 Å². The molecule has 3 heteroatoms. The lowest BCUT2D eigenvalue weighted by atomic mass is 10.1. The van der Waals surface area contributed by atoms with Gasteiger partial charge in [-0.1, -0.05) is 18.2 Å². The highest BCUT2D eigenvalue weighted by Crippen LogP contribution is 2.27. The van der Waals surface area contributed by atoms with Crippen molar-refractivity contribution in [2.45, 2.75) is 20.4 Å². The molecule has 0 amide bonds. The molecule has 0 spiro atoms. The predicted octanol–water partition coefficient (Wildman–Crippen LogP) is 2.89. The molecule has 2 aromatic rings. The summed E-state index contributed by atoms with van der Waals surface area (Å²) in [6.45, 7) is 4.77. The summed E-state index contributed by atoms with van der Waals surface area (Å²) in [6.07, 6.45) is 1.90. The highest BCUT2D eigenvalue weighted by Gasteiger charge is 2.04. The molecule has 2 nitrogen and oxygen atoms in total. The first kappa shape index (κ1) is 10.3. The first-order valence-corrected chi connectivity index (χ1v) is 5.75. The van der Waals surface area contributed by atoms with Crippen LogP contribution in [-0.2, 0) is 6.54 Å². The zero-order valence-corrected chi connectivity index (χ0v) is 9.77. The van der Waals surface area contributed by atoms with Crippen LogP contribution in [0.15, 0.2) is 24.4 Å². The number of nitrogens with two attached hydrogens (primary N) is 1. The maximum Gasteiger partial charge on any atom is 0.107 e. The minimum absolute atomic E-state index is 0.523. The van der Waals surface area contributed by atoms with E-state index in [2.05, 4.69) is 37.0 Å². The van der Waals surface area contributed by atoms with Gasteiger partial charge in [0.15, 0.2) is 0 Å². The molecule has 0 bridgehead atoms. The van der Waals surface area contributed by atoms with Crippen LogP contribution in [0, 0.1) is 13.8 Å². The van der Waals surface area contributed by atoms with Gasteiger partial charge < -0.3 is 5.73 Å². The topological polar surface area (TPSA) is 38.9 Å². The molecule has 0 atom stereocenters. The number of thiazole rings is 1. The van der Waals surface area contributed by atoms with Crippen molar-refractivity contribution in [2.75, 3.05) is 0 Å². The van der Waals surface area contributed by atoms with Crippen molar-refractivity contribution < 1.29 is 0 Å². The Morgan fingerprint density at radius 1 is 1.27 bits per heavy atom. The summed E-state index contributed by atoms with van der Waals surface area (Å²) in [7, 11) is 0. The van der Waals surface area contributed by atoms with E-state index >= 15 is 0 Å².